The smallest absolute Gasteiger partial charge is 0.237 e. The monoisotopic (exact) mass is 161 g/mol. The summed E-state index contributed by atoms with van der Waals surface area (Å²) in [7, 11) is -3.45. The molecule has 5 nitrogen and oxygen atoms in total. The van der Waals surface area contributed by atoms with Crippen LogP contribution in [0.1, 0.15) is 0 Å². The molecule has 0 saturated carbocycles. The van der Waals surface area contributed by atoms with Crippen LogP contribution in [-0.2, 0) is 9.84 Å². The number of nitrogens with two attached hydrogens (primary N) is 2. The van der Waals surface area contributed by atoms with Gasteiger partial charge in [-0.15, -0.1) is 0 Å². The molecule has 0 fully saturated rings. The van der Waals surface area contributed by atoms with Gasteiger partial charge in [-0.25, -0.2) is 13.4 Å². The molecule has 10 heavy (non-hydrogen) atoms. The maximum Gasteiger partial charge on any atom is 0.237 e. The quantitative estimate of drug-likeness (QED) is 0.490. The number of sulfone groups is 1. The Bertz CT molecular complexity index is 300. The van der Waals surface area contributed by atoms with Gasteiger partial charge in [-0.2, -0.15) is 0 Å². The molecule has 6 heteroatoms. The van der Waals surface area contributed by atoms with Crippen LogP contribution >= 0.6 is 0 Å². The van der Waals surface area contributed by atoms with Gasteiger partial charge in [0.25, 0.3) is 0 Å². The Morgan fingerprint density at radius 2 is 2.20 bits per heavy atom. The van der Waals surface area contributed by atoms with Crippen LogP contribution in [0.25, 0.3) is 0 Å². The van der Waals surface area contributed by atoms with Crippen molar-refractivity contribution >= 4 is 14.9 Å². The van der Waals surface area contributed by atoms with Crippen LogP contribution < -0.4 is 11.5 Å². The van der Waals surface area contributed by atoms with Crippen LogP contribution in [-0.4, -0.2) is 20.0 Å². The van der Waals surface area contributed by atoms with Crippen molar-refractivity contribution in [2.45, 2.75) is 0 Å². The van der Waals surface area contributed by atoms with E-state index in [1.807, 2.05) is 0 Å². The molecule has 1 aliphatic rings. The Morgan fingerprint density at radius 3 is 2.40 bits per heavy atom. The van der Waals surface area contributed by atoms with Gasteiger partial charge in [-0.1, -0.05) is 0 Å². The number of hydrogen-bond acceptors (Lipinski definition) is 5. The highest BCUT2D eigenvalue weighted by Crippen LogP contribution is 2.10. The van der Waals surface area contributed by atoms with Crippen LogP contribution in [0, 0.1) is 0 Å². The van der Waals surface area contributed by atoms with E-state index in [4.69, 9.17) is 11.5 Å². The molecule has 0 saturated heterocycles. The van der Waals surface area contributed by atoms with Gasteiger partial charge in [-0.3, -0.25) is 0 Å². The minimum atomic E-state index is -3.45. The van der Waals surface area contributed by atoms with E-state index < -0.39 is 9.84 Å². The molecule has 0 atom stereocenters. The van der Waals surface area contributed by atoms with Crippen molar-refractivity contribution in [1.29, 1.82) is 0 Å². The summed E-state index contributed by atoms with van der Waals surface area (Å²) in [5.41, 5.74) is 10.2. The molecular formula is C4H7N3O2S. The fraction of sp³-hybridized carbons (Fsp3) is 0.250. The third kappa shape index (κ3) is 0.812. The molecule has 4 N–H and O–H groups in total. The Kier molecular flexibility index (Phi) is 1.49. The fourth-order valence-corrected chi connectivity index (χ4v) is 1.45. The average molecular weight is 161 g/mol. The molecule has 0 aromatic heterocycles. The molecule has 0 aliphatic carbocycles. The highest BCUT2D eigenvalue weighted by Gasteiger charge is 2.25. The van der Waals surface area contributed by atoms with Gasteiger partial charge in [-0.05, 0) is 0 Å². The van der Waals surface area contributed by atoms with Crippen molar-refractivity contribution < 1.29 is 8.42 Å². The van der Waals surface area contributed by atoms with E-state index in [-0.39, 0.29) is 16.6 Å². The van der Waals surface area contributed by atoms with E-state index in [2.05, 4.69) is 4.99 Å². The summed E-state index contributed by atoms with van der Waals surface area (Å²) >= 11 is 0. The third-order valence-corrected chi connectivity index (χ3v) is 2.75. The summed E-state index contributed by atoms with van der Waals surface area (Å²) in [6.45, 7) is -0.0977. The highest BCUT2D eigenvalue weighted by molar-refractivity contribution is 8.10. The molecule has 0 amide bonds. The van der Waals surface area contributed by atoms with Gasteiger partial charge in [0.2, 0.25) is 9.84 Å². The van der Waals surface area contributed by atoms with Crippen LogP contribution in [0.4, 0.5) is 0 Å². The lowest BCUT2D eigenvalue weighted by molar-refractivity contribution is 0.612. The van der Waals surface area contributed by atoms with Crippen molar-refractivity contribution in [3.63, 3.8) is 0 Å². The van der Waals surface area contributed by atoms with Crippen molar-refractivity contribution in [2.24, 2.45) is 16.5 Å². The molecule has 0 bridgehead atoms. The van der Waals surface area contributed by atoms with Crippen molar-refractivity contribution in [2.75, 3.05) is 6.54 Å². The zero-order chi connectivity index (χ0) is 7.78. The average Bonchev–Trinajstić information content (AvgIpc) is 2.10. The second-order valence-electron chi connectivity index (χ2n) is 1.76. The van der Waals surface area contributed by atoms with Gasteiger partial charge >= 0.3 is 0 Å². The van der Waals surface area contributed by atoms with Gasteiger partial charge in [0.1, 0.15) is 0 Å². The van der Waals surface area contributed by atoms with Gasteiger partial charge < -0.3 is 11.5 Å². The second-order valence-corrected chi connectivity index (χ2v) is 3.71. The summed E-state index contributed by atoms with van der Waals surface area (Å²) < 4.78 is 21.8. The molecule has 0 spiro atoms. The Morgan fingerprint density at radius 1 is 1.60 bits per heavy atom. The van der Waals surface area contributed by atoms with Gasteiger partial charge in [0.15, 0.2) is 10.1 Å². The first-order valence-corrected chi connectivity index (χ1v) is 4.05. The minimum Gasteiger partial charge on any atom is -0.388 e. The number of nitrogens with zero attached hydrogens (tertiary/aromatic N) is 1. The third-order valence-electron chi connectivity index (χ3n) is 1.13. The standard InChI is InChI=1S/C4H7N3O2S/c5-1-4-7-2-3(6)10(4,8)9/h2H,1,5-6H2. The van der Waals surface area contributed by atoms with E-state index in [0.717, 1.165) is 6.20 Å². The molecular weight excluding hydrogens is 154 g/mol. The number of aliphatic imine (C=N–C) groups is 1. The summed E-state index contributed by atoms with van der Waals surface area (Å²) in [4.78, 5) is 3.50. The first-order valence-electron chi connectivity index (χ1n) is 2.56. The Balaban J connectivity index is 3.14. The zero-order valence-electron chi connectivity index (χ0n) is 5.11. The topological polar surface area (TPSA) is 98.5 Å². The SMILES string of the molecule is NCC1=NC=C(N)S1(=O)=O. The van der Waals surface area contributed by atoms with E-state index in [0.29, 0.717) is 0 Å². The maximum atomic E-state index is 10.9. The summed E-state index contributed by atoms with van der Waals surface area (Å²) in [6.07, 6.45) is 1.09. The van der Waals surface area contributed by atoms with Gasteiger partial charge in [0, 0.05) is 6.54 Å². The normalized spacial score (nSPS) is 22.1. The van der Waals surface area contributed by atoms with Crippen molar-refractivity contribution in [3.8, 4) is 0 Å². The van der Waals surface area contributed by atoms with Crippen LogP contribution in [0.15, 0.2) is 16.2 Å². The van der Waals surface area contributed by atoms with E-state index in [1.165, 1.54) is 0 Å². The summed E-state index contributed by atoms with van der Waals surface area (Å²) in [5, 5.41) is -0.294. The van der Waals surface area contributed by atoms with Crippen molar-refractivity contribution in [3.05, 3.63) is 11.2 Å². The molecule has 1 heterocycles. The molecule has 1 rings (SSSR count). The predicted molar refractivity (Wildman–Crippen MR) is 37.7 cm³/mol. The Labute approximate surface area is 58.3 Å². The summed E-state index contributed by atoms with van der Waals surface area (Å²) in [6, 6.07) is 0. The molecule has 0 aromatic rings. The zero-order valence-corrected chi connectivity index (χ0v) is 5.93. The number of hydrogen-bond donors (Lipinski definition) is 2. The van der Waals surface area contributed by atoms with Crippen LogP contribution in [0.3, 0.4) is 0 Å². The Hall–Kier alpha value is -0.880. The van der Waals surface area contributed by atoms with Gasteiger partial charge in [0.05, 0.1) is 6.20 Å². The molecule has 1 aliphatic heterocycles. The maximum absolute atomic E-state index is 10.9. The van der Waals surface area contributed by atoms with E-state index in [9.17, 15) is 8.42 Å². The minimum absolute atomic E-state index is 0.0648. The van der Waals surface area contributed by atoms with E-state index >= 15 is 0 Å². The van der Waals surface area contributed by atoms with Crippen LogP contribution in [0.5, 0.6) is 0 Å². The molecule has 0 aromatic carbocycles. The lowest BCUT2D eigenvalue weighted by atomic mass is 10.7. The first kappa shape index (κ1) is 7.23. The summed E-state index contributed by atoms with van der Waals surface area (Å²) in [5.74, 6) is 0. The first-order chi connectivity index (χ1) is 4.59. The highest BCUT2D eigenvalue weighted by atomic mass is 32.2. The molecule has 0 unspecified atom stereocenters. The lowest BCUT2D eigenvalue weighted by Crippen LogP contribution is -2.24. The predicted octanol–water partition coefficient (Wildman–Crippen LogP) is -1.47. The molecule has 56 valence electrons. The second kappa shape index (κ2) is 2.06. The lowest BCUT2D eigenvalue weighted by Gasteiger charge is -1.95. The van der Waals surface area contributed by atoms with Crippen molar-refractivity contribution in [1.82, 2.24) is 0 Å². The van der Waals surface area contributed by atoms with E-state index in [1.54, 1.807) is 0 Å². The fourth-order valence-electron chi connectivity index (χ4n) is 0.573. The van der Waals surface area contributed by atoms with Crippen LogP contribution in [0.2, 0.25) is 0 Å². The molecule has 0 radical (unpaired) electrons. The largest absolute Gasteiger partial charge is 0.388 e. The number of rotatable bonds is 1.